The molecule has 0 atom stereocenters. The molecular formula is C22H17ClN2O2S. The van der Waals surface area contributed by atoms with Crippen LogP contribution in [0.15, 0.2) is 82.7 Å². The Balaban J connectivity index is 1.83. The Kier molecular flexibility index (Phi) is 5.37. The van der Waals surface area contributed by atoms with Crippen molar-refractivity contribution in [3.8, 4) is 11.4 Å². The molecular weight excluding hydrogens is 392 g/mol. The minimum Gasteiger partial charge on any atom is -0.497 e. The molecule has 4 nitrogen and oxygen atoms in total. The molecule has 0 unspecified atom stereocenters. The van der Waals surface area contributed by atoms with E-state index in [9.17, 15) is 4.79 Å². The zero-order valence-corrected chi connectivity index (χ0v) is 16.7. The fraction of sp³-hybridized carbons (Fsp3) is 0.0909. The highest BCUT2D eigenvalue weighted by Gasteiger charge is 2.14. The molecule has 0 amide bonds. The summed E-state index contributed by atoms with van der Waals surface area (Å²) in [4.78, 5) is 18.0. The number of hydrogen-bond donors (Lipinski definition) is 0. The summed E-state index contributed by atoms with van der Waals surface area (Å²) in [7, 11) is 1.61. The van der Waals surface area contributed by atoms with Gasteiger partial charge >= 0.3 is 0 Å². The summed E-state index contributed by atoms with van der Waals surface area (Å²) in [6.45, 7) is 0. The van der Waals surface area contributed by atoms with Crippen molar-refractivity contribution >= 4 is 34.3 Å². The second-order valence-corrected chi connectivity index (χ2v) is 7.55. The molecule has 0 saturated heterocycles. The van der Waals surface area contributed by atoms with Crippen LogP contribution in [0.2, 0.25) is 5.02 Å². The first-order chi connectivity index (χ1) is 13.7. The van der Waals surface area contributed by atoms with Gasteiger partial charge in [0.25, 0.3) is 5.56 Å². The molecule has 1 aromatic heterocycles. The van der Waals surface area contributed by atoms with Crippen molar-refractivity contribution in [3.63, 3.8) is 0 Å². The molecule has 0 aliphatic carbocycles. The van der Waals surface area contributed by atoms with Gasteiger partial charge in [-0.25, -0.2) is 4.98 Å². The van der Waals surface area contributed by atoms with Crippen molar-refractivity contribution in [3.05, 3.63) is 93.7 Å². The first kappa shape index (κ1) is 18.6. The van der Waals surface area contributed by atoms with Crippen molar-refractivity contribution in [2.75, 3.05) is 7.11 Å². The van der Waals surface area contributed by atoms with Crippen molar-refractivity contribution in [2.24, 2.45) is 0 Å². The largest absolute Gasteiger partial charge is 0.497 e. The van der Waals surface area contributed by atoms with E-state index in [0.29, 0.717) is 32.6 Å². The normalized spacial score (nSPS) is 10.9. The first-order valence-electron chi connectivity index (χ1n) is 8.69. The lowest BCUT2D eigenvalue weighted by Gasteiger charge is -2.14. The van der Waals surface area contributed by atoms with Crippen molar-refractivity contribution in [1.82, 2.24) is 9.55 Å². The van der Waals surface area contributed by atoms with Gasteiger partial charge in [0.1, 0.15) is 5.75 Å². The molecule has 0 bridgehead atoms. The van der Waals surface area contributed by atoms with Gasteiger partial charge in [0.05, 0.1) is 23.7 Å². The Morgan fingerprint density at radius 3 is 2.61 bits per heavy atom. The van der Waals surface area contributed by atoms with Gasteiger partial charge in [-0.15, -0.1) is 0 Å². The Hall–Kier alpha value is -2.76. The number of fused-ring (bicyclic) bond motifs is 1. The Bertz CT molecular complexity index is 1190. The van der Waals surface area contributed by atoms with E-state index in [2.05, 4.69) is 0 Å². The summed E-state index contributed by atoms with van der Waals surface area (Å²) in [6, 6.07) is 22.5. The predicted octanol–water partition coefficient (Wildman–Crippen LogP) is 5.34. The summed E-state index contributed by atoms with van der Waals surface area (Å²) < 4.78 is 6.97. The fourth-order valence-corrected chi connectivity index (χ4v) is 4.01. The van der Waals surface area contributed by atoms with Crippen LogP contribution in [-0.4, -0.2) is 16.7 Å². The number of benzene rings is 3. The van der Waals surface area contributed by atoms with Gasteiger partial charge in [-0.2, -0.15) is 0 Å². The monoisotopic (exact) mass is 408 g/mol. The molecule has 4 aromatic rings. The minimum atomic E-state index is -0.0996. The molecule has 1 heterocycles. The third-order valence-electron chi connectivity index (χ3n) is 4.34. The maximum Gasteiger partial charge on any atom is 0.266 e. The molecule has 0 spiro atoms. The van der Waals surface area contributed by atoms with E-state index in [-0.39, 0.29) is 5.56 Å². The van der Waals surface area contributed by atoms with Crippen molar-refractivity contribution < 1.29 is 4.74 Å². The summed E-state index contributed by atoms with van der Waals surface area (Å²) in [5.41, 5.74) is 2.41. The highest BCUT2D eigenvalue weighted by molar-refractivity contribution is 7.98. The molecule has 28 heavy (non-hydrogen) atoms. The van der Waals surface area contributed by atoms with E-state index < -0.39 is 0 Å². The minimum absolute atomic E-state index is 0.0996. The molecule has 0 aliphatic heterocycles. The molecule has 4 rings (SSSR count). The third-order valence-corrected chi connectivity index (χ3v) is 5.60. The predicted molar refractivity (Wildman–Crippen MR) is 115 cm³/mol. The van der Waals surface area contributed by atoms with E-state index in [0.717, 1.165) is 11.3 Å². The lowest BCUT2D eigenvalue weighted by atomic mass is 10.2. The smallest absolute Gasteiger partial charge is 0.266 e. The Morgan fingerprint density at radius 1 is 1.04 bits per heavy atom. The summed E-state index contributed by atoms with van der Waals surface area (Å²) in [6.07, 6.45) is 0. The molecule has 6 heteroatoms. The molecule has 3 aromatic carbocycles. The van der Waals surface area contributed by atoms with E-state index in [4.69, 9.17) is 21.3 Å². The molecule has 0 saturated carbocycles. The highest BCUT2D eigenvalue weighted by Crippen LogP contribution is 2.26. The molecule has 0 N–H and O–H groups in total. The van der Waals surface area contributed by atoms with Gasteiger partial charge in [0.2, 0.25) is 0 Å². The number of aromatic nitrogens is 2. The highest BCUT2D eigenvalue weighted by atomic mass is 35.5. The van der Waals surface area contributed by atoms with Crippen LogP contribution in [0.3, 0.4) is 0 Å². The summed E-state index contributed by atoms with van der Waals surface area (Å²) in [5, 5.41) is 1.92. The Labute approximate surface area is 171 Å². The summed E-state index contributed by atoms with van der Waals surface area (Å²) in [5.74, 6) is 1.36. The lowest BCUT2D eigenvalue weighted by molar-refractivity contribution is 0.414. The number of para-hydroxylation sites is 1. The molecule has 0 radical (unpaired) electrons. The van der Waals surface area contributed by atoms with Crippen molar-refractivity contribution in [2.45, 2.75) is 10.9 Å². The SMILES string of the molecule is COc1cccc(-n2c(SCc3ccc(Cl)cc3)nc3ccccc3c2=O)c1. The van der Waals surface area contributed by atoms with E-state index >= 15 is 0 Å². The summed E-state index contributed by atoms with van der Waals surface area (Å²) >= 11 is 7.48. The second-order valence-electron chi connectivity index (χ2n) is 6.17. The first-order valence-corrected chi connectivity index (χ1v) is 10.1. The van der Waals surface area contributed by atoms with Crippen LogP contribution in [0.25, 0.3) is 16.6 Å². The third kappa shape index (κ3) is 3.77. The van der Waals surface area contributed by atoms with Gasteiger partial charge in [-0.3, -0.25) is 9.36 Å². The van der Waals surface area contributed by atoms with Crippen LogP contribution in [0.5, 0.6) is 5.75 Å². The number of ether oxygens (including phenoxy) is 1. The maximum absolute atomic E-state index is 13.3. The zero-order chi connectivity index (χ0) is 19.5. The van der Waals surface area contributed by atoms with Crippen LogP contribution >= 0.6 is 23.4 Å². The Morgan fingerprint density at radius 2 is 1.82 bits per heavy atom. The molecule has 140 valence electrons. The number of halogens is 1. The van der Waals surface area contributed by atoms with Crippen LogP contribution in [0.1, 0.15) is 5.56 Å². The maximum atomic E-state index is 13.3. The molecule has 0 fully saturated rings. The zero-order valence-electron chi connectivity index (χ0n) is 15.1. The van der Waals surface area contributed by atoms with Crippen LogP contribution in [0.4, 0.5) is 0 Å². The number of methoxy groups -OCH3 is 1. The topological polar surface area (TPSA) is 44.1 Å². The van der Waals surface area contributed by atoms with Crippen molar-refractivity contribution in [1.29, 1.82) is 0 Å². The van der Waals surface area contributed by atoms with Gasteiger partial charge in [0, 0.05) is 16.8 Å². The fourth-order valence-electron chi connectivity index (χ4n) is 2.91. The van der Waals surface area contributed by atoms with Crippen LogP contribution in [0, 0.1) is 0 Å². The van der Waals surface area contributed by atoms with Crippen LogP contribution < -0.4 is 10.3 Å². The second kappa shape index (κ2) is 8.09. The number of nitrogens with zero attached hydrogens (tertiary/aromatic N) is 2. The number of rotatable bonds is 5. The van der Waals surface area contributed by atoms with Gasteiger partial charge in [-0.05, 0) is 42.0 Å². The van der Waals surface area contributed by atoms with E-state index in [1.54, 1.807) is 17.7 Å². The van der Waals surface area contributed by atoms with Gasteiger partial charge in [0.15, 0.2) is 5.16 Å². The van der Waals surface area contributed by atoms with Gasteiger partial charge < -0.3 is 4.74 Å². The molecule has 0 aliphatic rings. The quantitative estimate of drug-likeness (QED) is 0.330. The lowest BCUT2D eigenvalue weighted by Crippen LogP contribution is -2.21. The average Bonchev–Trinajstić information content (AvgIpc) is 2.73. The van der Waals surface area contributed by atoms with E-state index in [1.807, 2.05) is 66.7 Å². The number of thioether (sulfide) groups is 1. The standard InChI is InChI=1S/C22H17ClN2O2S/c1-27-18-6-4-5-17(13-18)25-21(26)19-7-2-3-8-20(19)24-22(25)28-14-15-9-11-16(23)12-10-15/h2-13H,14H2,1H3. The van der Waals surface area contributed by atoms with Crippen LogP contribution in [-0.2, 0) is 5.75 Å². The number of hydrogen-bond acceptors (Lipinski definition) is 4. The average molecular weight is 409 g/mol. The van der Waals surface area contributed by atoms with Gasteiger partial charge in [-0.1, -0.05) is 53.7 Å². The van der Waals surface area contributed by atoms with E-state index in [1.165, 1.54) is 11.8 Å².